The van der Waals surface area contributed by atoms with E-state index < -0.39 is 11.8 Å². The number of ether oxygens (including phenoxy) is 2. The van der Waals surface area contributed by atoms with Crippen molar-refractivity contribution >= 4 is 17.6 Å². The van der Waals surface area contributed by atoms with Crippen LogP contribution in [0.2, 0.25) is 0 Å². The molecule has 0 heterocycles. The Labute approximate surface area is 156 Å². The van der Waals surface area contributed by atoms with Crippen LogP contribution in [0.5, 0.6) is 5.75 Å². The number of hydrogen-bond donors (Lipinski definition) is 2. The molecule has 27 heavy (non-hydrogen) atoms. The molecule has 2 aromatic rings. The molecular formula is C20H22FNO5. The SMILES string of the molecule is COCCc1ccc(OCCCC(=O)Nc2ccc(C(=O)O)cc2F)cc1. The summed E-state index contributed by atoms with van der Waals surface area (Å²) in [4.78, 5) is 22.6. The number of methoxy groups -OCH3 is 1. The highest BCUT2D eigenvalue weighted by Crippen LogP contribution is 2.17. The Balaban J connectivity index is 1.72. The molecule has 0 spiro atoms. The minimum atomic E-state index is -1.23. The zero-order valence-corrected chi connectivity index (χ0v) is 15.0. The first-order chi connectivity index (χ1) is 13.0. The van der Waals surface area contributed by atoms with E-state index in [4.69, 9.17) is 14.6 Å². The summed E-state index contributed by atoms with van der Waals surface area (Å²) in [6.07, 6.45) is 1.46. The third-order valence-electron chi connectivity index (χ3n) is 3.83. The molecule has 144 valence electrons. The molecule has 1 amide bonds. The minimum Gasteiger partial charge on any atom is -0.494 e. The van der Waals surface area contributed by atoms with Gasteiger partial charge in [0.15, 0.2) is 0 Å². The number of carboxylic acids is 1. The van der Waals surface area contributed by atoms with E-state index in [-0.39, 0.29) is 23.6 Å². The molecule has 0 aliphatic heterocycles. The lowest BCUT2D eigenvalue weighted by molar-refractivity contribution is -0.116. The number of aromatic carboxylic acids is 1. The van der Waals surface area contributed by atoms with Gasteiger partial charge >= 0.3 is 5.97 Å². The van der Waals surface area contributed by atoms with Gasteiger partial charge in [-0.2, -0.15) is 0 Å². The van der Waals surface area contributed by atoms with Crippen molar-refractivity contribution < 1.29 is 28.6 Å². The van der Waals surface area contributed by atoms with Crippen LogP contribution in [0.4, 0.5) is 10.1 Å². The lowest BCUT2D eigenvalue weighted by atomic mass is 10.1. The van der Waals surface area contributed by atoms with Crippen molar-refractivity contribution in [3.8, 4) is 5.75 Å². The van der Waals surface area contributed by atoms with E-state index in [2.05, 4.69) is 5.32 Å². The summed E-state index contributed by atoms with van der Waals surface area (Å²) >= 11 is 0. The summed E-state index contributed by atoms with van der Waals surface area (Å²) in [6, 6.07) is 11.0. The Kier molecular flexibility index (Phi) is 7.76. The van der Waals surface area contributed by atoms with Gasteiger partial charge in [-0.25, -0.2) is 9.18 Å². The van der Waals surface area contributed by atoms with Crippen LogP contribution in [0, 0.1) is 5.82 Å². The van der Waals surface area contributed by atoms with E-state index in [1.165, 1.54) is 12.1 Å². The van der Waals surface area contributed by atoms with E-state index in [0.29, 0.717) is 25.4 Å². The summed E-state index contributed by atoms with van der Waals surface area (Å²) < 4.78 is 24.4. The molecule has 0 bridgehead atoms. The van der Waals surface area contributed by atoms with Crippen LogP contribution in [0.15, 0.2) is 42.5 Å². The Bertz CT molecular complexity index is 776. The second-order valence-electron chi connectivity index (χ2n) is 5.89. The maximum atomic E-state index is 13.8. The van der Waals surface area contributed by atoms with Crippen molar-refractivity contribution in [3.63, 3.8) is 0 Å². The maximum absolute atomic E-state index is 13.8. The van der Waals surface area contributed by atoms with Crippen molar-refractivity contribution in [1.29, 1.82) is 0 Å². The number of rotatable bonds is 10. The largest absolute Gasteiger partial charge is 0.494 e. The molecule has 2 aromatic carbocycles. The van der Waals surface area contributed by atoms with E-state index >= 15 is 0 Å². The maximum Gasteiger partial charge on any atom is 0.335 e. The fraction of sp³-hybridized carbons (Fsp3) is 0.300. The summed E-state index contributed by atoms with van der Waals surface area (Å²) in [5.41, 5.74) is 0.934. The second kappa shape index (κ2) is 10.3. The summed E-state index contributed by atoms with van der Waals surface area (Å²) in [6.45, 7) is 1.01. The molecule has 0 aliphatic rings. The van der Waals surface area contributed by atoms with E-state index in [0.717, 1.165) is 18.1 Å². The summed E-state index contributed by atoms with van der Waals surface area (Å²) in [7, 11) is 1.66. The lowest BCUT2D eigenvalue weighted by Crippen LogP contribution is -2.14. The average Bonchev–Trinajstić information content (AvgIpc) is 2.66. The Morgan fingerprint density at radius 3 is 2.48 bits per heavy atom. The smallest absolute Gasteiger partial charge is 0.335 e. The van der Waals surface area contributed by atoms with Crippen molar-refractivity contribution in [2.45, 2.75) is 19.3 Å². The monoisotopic (exact) mass is 375 g/mol. The lowest BCUT2D eigenvalue weighted by Gasteiger charge is -2.09. The van der Waals surface area contributed by atoms with Crippen LogP contribution in [-0.2, 0) is 16.0 Å². The van der Waals surface area contributed by atoms with Gasteiger partial charge in [-0.3, -0.25) is 4.79 Å². The Morgan fingerprint density at radius 2 is 1.85 bits per heavy atom. The number of amides is 1. The molecule has 7 heteroatoms. The predicted octanol–water partition coefficient (Wildman–Crippen LogP) is 3.51. The second-order valence-corrected chi connectivity index (χ2v) is 5.89. The highest BCUT2D eigenvalue weighted by Gasteiger charge is 2.10. The zero-order valence-electron chi connectivity index (χ0n) is 15.0. The van der Waals surface area contributed by atoms with Crippen LogP contribution >= 0.6 is 0 Å². The van der Waals surface area contributed by atoms with Gasteiger partial charge in [0, 0.05) is 13.5 Å². The van der Waals surface area contributed by atoms with Crippen molar-refractivity contribution in [2.75, 3.05) is 25.6 Å². The zero-order chi connectivity index (χ0) is 19.6. The van der Waals surface area contributed by atoms with E-state index in [1.54, 1.807) is 7.11 Å². The molecule has 0 atom stereocenters. The number of halogens is 1. The van der Waals surface area contributed by atoms with Gasteiger partial charge in [-0.15, -0.1) is 0 Å². The number of carbonyl (C=O) groups excluding carboxylic acids is 1. The van der Waals surface area contributed by atoms with Crippen LogP contribution in [0.25, 0.3) is 0 Å². The number of benzene rings is 2. The summed E-state index contributed by atoms with van der Waals surface area (Å²) in [5.74, 6) is -1.66. The molecule has 0 aromatic heterocycles. The fourth-order valence-corrected chi connectivity index (χ4v) is 2.36. The number of hydrogen-bond acceptors (Lipinski definition) is 4. The molecule has 0 unspecified atom stereocenters. The predicted molar refractivity (Wildman–Crippen MR) is 98.7 cm³/mol. The standard InChI is InChI=1S/C20H22FNO5/c1-26-12-10-14-4-7-16(8-5-14)27-11-2-3-19(23)22-18-9-6-15(20(24)25)13-17(18)21/h4-9,13H,2-3,10-12H2,1H3,(H,22,23)(H,24,25). The van der Waals surface area contributed by atoms with Crippen LogP contribution in [-0.4, -0.2) is 37.3 Å². The number of carboxylic acid groups (broad SMARTS) is 1. The molecule has 0 radical (unpaired) electrons. The van der Waals surface area contributed by atoms with Gasteiger partial charge in [-0.1, -0.05) is 12.1 Å². The minimum absolute atomic E-state index is 0.0439. The first-order valence-electron chi connectivity index (χ1n) is 8.53. The topological polar surface area (TPSA) is 84.9 Å². The highest BCUT2D eigenvalue weighted by molar-refractivity contribution is 5.92. The molecule has 2 rings (SSSR count). The fourth-order valence-electron chi connectivity index (χ4n) is 2.36. The molecule has 0 saturated heterocycles. The number of carbonyl (C=O) groups is 2. The molecule has 6 nitrogen and oxygen atoms in total. The first-order valence-corrected chi connectivity index (χ1v) is 8.53. The number of anilines is 1. The quantitative estimate of drug-likeness (QED) is 0.621. The Morgan fingerprint density at radius 1 is 1.11 bits per heavy atom. The van der Waals surface area contributed by atoms with Crippen molar-refractivity contribution in [2.24, 2.45) is 0 Å². The van der Waals surface area contributed by atoms with Crippen LogP contribution in [0.3, 0.4) is 0 Å². The highest BCUT2D eigenvalue weighted by atomic mass is 19.1. The molecular weight excluding hydrogens is 353 g/mol. The normalized spacial score (nSPS) is 10.4. The average molecular weight is 375 g/mol. The molecule has 0 saturated carbocycles. The number of nitrogens with one attached hydrogen (secondary N) is 1. The molecule has 0 fully saturated rings. The molecule has 2 N–H and O–H groups in total. The van der Waals surface area contributed by atoms with Crippen molar-refractivity contribution in [3.05, 3.63) is 59.4 Å². The Hall–Kier alpha value is -2.93. The first kappa shape index (κ1) is 20.4. The van der Waals surface area contributed by atoms with Gasteiger partial charge in [0.1, 0.15) is 11.6 Å². The van der Waals surface area contributed by atoms with Gasteiger partial charge in [0.2, 0.25) is 5.91 Å². The van der Waals surface area contributed by atoms with Gasteiger partial charge in [-0.05, 0) is 48.7 Å². The van der Waals surface area contributed by atoms with Gasteiger partial charge < -0.3 is 19.9 Å². The third-order valence-corrected chi connectivity index (χ3v) is 3.83. The van der Waals surface area contributed by atoms with E-state index in [9.17, 15) is 14.0 Å². The molecule has 0 aliphatic carbocycles. The van der Waals surface area contributed by atoms with Crippen molar-refractivity contribution in [1.82, 2.24) is 0 Å². The van der Waals surface area contributed by atoms with Crippen LogP contribution in [0.1, 0.15) is 28.8 Å². The van der Waals surface area contributed by atoms with Gasteiger partial charge in [0.25, 0.3) is 0 Å². The van der Waals surface area contributed by atoms with Gasteiger partial charge in [0.05, 0.1) is 24.5 Å². The van der Waals surface area contributed by atoms with E-state index in [1.807, 2.05) is 24.3 Å². The van der Waals surface area contributed by atoms with Crippen LogP contribution < -0.4 is 10.1 Å². The third kappa shape index (κ3) is 6.71. The summed E-state index contributed by atoms with van der Waals surface area (Å²) in [5, 5.41) is 11.2.